The monoisotopic (exact) mass is 558 g/mol. The van der Waals surface area contributed by atoms with Gasteiger partial charge < -0.3 is 4.74 Å². The van der Waals surface area contributed by atoms with Crippen molar-refractivity contribution in [2.75, 3.05) is 0 Å². The van der Waals surface area contributed by atoms with Gasteiger partial charge in [0.25, 0.3) is 0 Å². The fourth-order valence-corrected chi connectivity index (χ4v) is 8.05. The van der Waals surface area contributed by atoms with Gasteiger partial charge >= 0.3 is 5.97 Å². The second-order valence-corrected chi connectivity index (χ2v) is 12.1. The topological polar surface area (TPSA) is 60.4 Å². The van der Waals surface area contributed by atoms with Gasteiger partial charge in [0.05, 0.1) is 5.56 Å². The van der Waals surface area contributed by atoms with E-state index in [1.54, 1.807) is 13.0 Å². The van der Waals surface area contributed by atoms with Gasteiger partial charge in [-0.2, -0.15) is 0 Å². The normalized spacial score (nSPS) is 37.3. The highest BCUT2D eigenvalue weighted by molar-refractivity contribution is 14.1. The van der Waals surface area contributed by atoms with E-state index in [0.29, 0.717) is 30.2 Å². The molecule has 1 aromatic rings. The Morgan fingerprint density at radius 3 is 2.64 bits per heavy atom. The highest BCUT2D eigenvalue weighted by atomic mass is 127. The fourth-order valence-electron chi connectivity index (χ4n) is 7.50. The van der Waals surface area contributed by atoms with E-state index in [0.717, 1.165) is 35.7 Å². The fraction of sp³-hybridized carbons (Fsp3) is 0.536. The Morgan fingerprint density at radius 1 is 1.12 bits per heavy atom. The minimum Gasteiger partial charge on any atom is -0.447 e. The Labute approximate surface area is 209 Å². The van der Waals surface area contributed by atoms with Crippen molar-refractivity contribution in [2.45, 2.75) is 71.3 Å². The number of fused-ring (bicyclic) bond motifs is 5. The van der Waals surface area contributed by atoms with Crippen LogP contribution in [0, 0.1) is 26.2 Å². The summed E-state index contributed by atoms with van der Waals surface area (Å²) in [6.45, 7) is 6.06. The van der Waals surface area contributed by atoms with Crippen LogP contribution in [0.1, 0.15) is 76.1 Å². The number of hydrogen-bond acceptors (Lipinski definition) is 4. The van der Waals surface area contributed by atoms with Crippen LogP contribution in [0.2, 0.25) is 0 Å². The van der Waals surface area contributed by atoms with Gasteiger partial charge in [0.2, 0.25) is 0 Å². The molecule has 0 bridgehead atoms. The summed E-state index contributed by atoms with van der Waals surface area (Å²) in [6, 6.07) is 7.34. The van der Waals surface area contributed by atoms with Gasteiger partial charge in [0, 0.05) is 20.8 Å². The van der Waals surface area contributed by atoms with Crippen LogP contribution < -0.4 is 0 Å². The lowest BCUT2D eigenvalue weighted by Gasteiger charge is -2.54. The predicted octanol–water partition coefficient (Wildman–Crippen LogP) is 6.23. The van der Waals surface area contributed by atoms with Crippen LogP contribution in [0.5, 0.6) is 0 Å². The van der Waals surface area contributed by atoms with Crippen molar-refractivity contribution in [3.05, 3.63) is 56.7 Å². The first-order valence-corrected chi connectivity index (χ1v) is 13.1. The Hall–Kier alpha value is -1.76. The minimum absolute atomic E-state index is 0.0446. The molecule has 0 amide bonds. The number of Topliss-reactive ketones (excluding diaryl/α,β-unsaturated/α-hetero) is 1. The summed E-state index contributed by atoms with van der Waals surface area (Å²) in [6.07, 6.45) is 9.84. The van der Waals surface area contributed by atoms with Crippen molar-refractivity contribution in [1.29, 1.82) is 0 Å². The number of benzene rings is 1. The molecule has 4 aliphatic rings. The lowest BCUT2D eigenvalue weighted by atomic mass is 9.50. The first-order valence-electron chi connectivity index (χ1n) is 12.1. The molecule has 0 saturated heterocycles. The number of carbonyl (C=O) groups is 3. The van der Waals surface area contributed by atoms with Crippen molar-refractivity contribution in [2.24, 2.45) is 22.7 Å². The van der Waals surface area contributed by atoms with E-state index in [2.05, 4.69) is 42.5 Å². The average molecular weight is 558 g/mol. The molecule has 2 saturated carbocycles. The Morgan fingerprint density at radius 2 is 1.91 bits per heavy atom. The number of carbonyl (C=O) groups excluding carboxylic acids is 3. The Bertz CT molecular complexity index is 1120. The number of rotatable bonds is 3. The summed E-state index contributed by atoms with van der Waals surface area (Å²) >= 11 is 2.18. The van der Waals surface area contributed by atoms with Crippen molar-refractivity contribution < 1.29 is 19.1 Å². The average Bonchev–Trinajstić information content (AvgIpc) is 3.07. The van der Waals surface area contributed by atoms with E-state index in [4.69, 9.17) is 4.74 Å². The van der Waals surface area contributed by atoms with Gasteiger partial charge in [0.15, 0.2) is 17.2 Å². The van der Waals surface area contributed by atoms with Gasteiger partial charge in [0.1, 0.15) is 0 Å². The van der Waals surface area contributed by atoms with E-state index >= 15 is 0 Å². The highest BCUT2D eigenvalue weighted by Crippen LogP contribution is 2.66. The molecule has 0 aromatic heterocycles. The zero-order valence-electron chi connectivity index (χ0n) is 19.6. The van der Waals surface area contributed by atoms with Gasteiger partial charge in [-0.25, -0.2) is 4.79 Å². The molecule has 0 radical (unpaired) electrons. The summed E-state index contributed by atoms with van der Waals surface area (Å²) in [4.78, 5) is 38.5. The van der Waals surface area contributed by atoms with Crippen LogP contribution in [0.4, 0.5) is 0 Å². The molecule has 0 N–H and O–H groups in total. The molecule has 0 spiro atoms. The van der Waals surface area contributed by atoms with Crippen molar-refractivity contribution in [3.63, 3.8) is 0 Å². The molecule has 0 unspecified atom stereocenters. The number of allylic oxidation sites excluding steroid dienone is 4. The summed E-state index contributed by atoms with van der Waals surface area (Å²) in [7, 11) is 0. The molecule has 174 valence electrons. The SMILES string of the molecule is CC(=O)[C@@]1(OC(=O)c2cccc(I)c2)CC[C@H]2[C@@H]3CCC4=CC(=O)CC[C@]4(C)C3=CC[C@@]21C. The van der Waals surface area contributed by atoms with Crippen molar-refractivity contribution in [1.82, 2.24) is 0 Å². The maximum Gasteiger partial charge on any atom is 0.339 e. The molecule has 0 aliphatic heterocycles. The lowest BCUT2D eigenvalue weighted by Crippen LogP contribution is -2.56. The third kappa shape index (κ3) is 3.32. The van der Waals surface area contributed by atoms with E-state index < -0.39 is 17.0 Å². The zero-order chi connectivity index (χ0) is 23.6. The molecule has 1 aromatic carbocycles. The van der Waals surface area contributed by atoms with Gasteiger partial charge in [-0.3, -0.25) is 9.59 Å². The molecule has 33 heavy (non-hydrogen) atoms. The smallest absolute Gasteiger partial charge is 0.339 e. The Kier molecular flexibility index (Phi) is 5.50. The molecular formula is C28H31IO4. The molecular weight excluding hydrogens is 527 g/mol. The number of hydrogen-bond donors (Lipinski definition) is 0. The standard InChI is InChI=1S/C28H31IO4/c1-17(30)28(33-25(32)18-5-4-6-20(29)15-18)14-11-24-22-8-7-19-16-21(31)9-12-26(19,2)23(22)10-13-27(24,28)3/h4-6,10,15-16,22,24H,7-9,11-14H2,1-3H3/t22-,24+,26+,27+,28+/m1/s1. The van der Waals surface area contributed by atoms with Crippen LogP contribution >= 0.6 is 22.6 Å². The summed E-state index contributed by atoms with van der Waals surface area (Å²) < 4.78 is 7.19. The van der Waals surface area contributed by atoms with Gasteiger partial charge in [-0.1, -0.05) is 37.1 Å². The third-order valence-corrected chi connectivity index (χ3v) is 10.0. The summed E-state index contributed by atoms with van der Waals surface area (Å²) in [5, 5.41) is 0. The maximum absolute atomic E-state index is 13.2. The molecule has 5 heteroatoms. The van der Waals surface area contributed by atoms with E-state index in [1.165, 1.54) is 11.1 Å². The largest absolute Gasteiger partial charge is 0.447 e. The second kappa shape index (κ2) is 7.89. The molecule has 5 atom stereocenters. The summed E-state index contributed by atoms with van der Waals surface area (Å²) in [5.74, 6) is 0.458. The molecule has 2 fully saturated rings. The lowest BCUT2D eigenvalue weighted by molar-refractivity contribution is -0.152. The van der Waals surface area contributed by atoms with Crippen LogP contribution in [0.25, 0.3) is 0 Å². The van der Waals surface area contributed by atoms with Crippen molar-refractivity contribution >= 4 is 40.1 Å². The third-order valence-electron chi connectivity index (χ3n) is 9.35. The number of ketones is 2. The zero-order valence-corrected chi connectivity index (χ0v) is 21.7. The quantitative estimate of drug-likeness (QED) is 0.251. The van der Waals surface area contributed by atoms with Gasteiger partial charge in [-0.15, -0.1) is 0 Å². The molecule has 0 heterocycles. The van der Waals surface area contributed by atoms with Crippen LogP contribution in [0.15, 0.2) is 47.6 Å². The predicted molar refractivity (Wildman–Crippen MR) is 135 cm³/mol. The van der Waals surface area contributed by atoms with Crippen molar-refractivity contribution in [3.8, 4) is 0 Å². The molecule has 5 rings (SSSR count). The van der Waals surface area contributed by atoms with Crippen LogP contribution in [0.3, 0.4) is 0 Å². The second-order valence-electron chi connectivity index (χ2n) is 10.8. The van der Waals surface area contributed by atoms with Gasteiger partial charge in [-0.05, 0) is 104 Å². The van der Waals surface area contributed by atoms with E-state index in [1.807, 2.05) is 24.3 Å². The number of esters is 1. The van der Waals surface area contributed by atoms with E-state index in [-0.39, 0.29) is 17.0 Å². The molecule has 4 nitrogen and oxygen atoms in total. The first kappa shape index (κ1) is 23.0. The number of ether oxygens (including phenoxy) is 1. The van der Waals surface area contributed by atoms with Crippen LogP contribution in [-0.4, -0.2) is 23.1 Å². The van der Waals surface area contributed by atoms with Crippen LogP contribution in [-0.2, 0) is 14.3 Å². The number of halogens is 1. The first-order chi connectivity index (χ1) is 15.6. The highest BCUT2D eigenvalue weighted by Gasteiger charge is 2.66. The Balaban J connectivity index is 1.52. The maximum atomic E-state index is 13.2. The summed E-state index contributed by atoms with van der Waals surface area (Å²) in [5.41, 5.74) is 1.67. The van der Waals surface area contributed by atoms with E-state index in [9.17, 15) is 14.4 Å². The molecule has 4 aliphatic carbocycles. The minimum atomic E-state index is -1.10.